The zero-order valence-corrected chi connectivity index (χ0v) is 12.9. The maximum absolute atomic E-state index is 12.3. The third-order valence-corrected chi connectivity index (χ3v) is 3.92. The van der Waals surface area contributed by atoms with Crippen molar-refractivity contribution >= 4 is 23.1 Å². The molecule has 3 rings (SSSR count). The van der Waals surface area contributed by atoms with E-state index in [1.807, 2.05) is 49.4 Å². The highest BCUT2D eigenvalue weighted by Gasteiger charge is 2.19. The number of para-hydroxylation sites is 1. The number of Topliss-reactive ketones (excluding diaryl/α,β-unsaturated/α-hetero) is 1. The van der Waals surface area contributed by atoms with Crippen LogP contribution in [0.2, 0.25) is 0 Å². The monoisotopic (exact) mass is 306 g/mol. The second-order valence-corrected chi connectivity index (χ2v) is 5.55. The van der Waals surface area contributed by atoms with E-state index in [1.54, 1.807) is 12.1 Å². The van der Waals surface area contributed by atoms with Gasteiger partial charge in [0.05, 0.1) is 0 Å². The zero-order valence-electron chi connectivity index (χ0n) is 12.9. The molecule has 2 aromatic rings. The lowest BCUT2D eigenvalue weighted by Gasteiger charge is -2.10. The minimum absolute atomic E-state index is 0.159. The maximum atomic E-state index is 12.3. The van der Waals surface area contributed by atoms with Gasteiger partial charge >= 0.3 is 0 Å². The Morgan fingerprint density at radius 1 is 0.957 bits per heavy atom. The Morgan fingerprint density at radius 2 is 1.70 bits per heavy atom. The normalized spacial score (nSPS) is 14.0. The number of rotatable bonds is 4. The van der Waals surface area contributed by atoms with E-state index in [2.05, 4.69) is 10.6 Å². The number of allylic oxidation sites excluding steroid dienone is 2. The van der Waals surface area contributed by atoms with Crippen molar-refractivity contribution in [2.75, 3.05) is 10.6 Å². The van der Waals surface area contributed by atoms with Crippen molar-refractivity contribution in [3.05, 3.63) is 71.4 Å². The molecule has 1 amide bonds. The highest BCUT2D eigenvalue weighted by molar-refractivity contribution is 6.05. The van der Waals surface area contributed by atoms with Crippen LogP contribution in [0, 0.1) is 0 Å². The van der Waals surface area contributed by atoms with Crippen LogP contribution in [0.25, 0.3) is 0 Å². The molecule has 1 aliphatic carbocycles. The first-order valence-corrected chi connectivity index (χ1v) is 7.60. The van der Waals surface area contributed by atoms with E-state index < -0.39 is 0 Å². The maximum Gasteiger partial charge on any atom is 0.255 e. The summed E-state index contributed by atoms with van der Waals surface area (Å²) in [6, 6.07) is 16.6. The molecule has 0 aromatic heterocycles. The predicted molar refractivity (Wildman–Crippen MR) is 91.4 cm³/mol. The molecule has 0 atom stereocenters. The Labute approximate surface area is 135 Å². The fraction of sp³-hybridized carbons (Fsp3) is 0.158. The molecule has 23 heavy (non-hydrogen) atoms. The van der Waals surface area contributed by atoms with E-state index in [9.17, 15) is 9.59 Å². The fourth-order valence-corrected chi connectivity index (χ4v) is 2.58. The van der Waals surface area contributed by atoms with E-state index in [-0.39, 0.29) is 11.7 Å². The molecule has 0 saturated heterocycles. The summed E-state index contributed by atoms with van der Waals surface area (Å²) < 4.78 is 0. The van der Waals surface area contributed by atoms with Crippen LogP contribution < -0.4 is 10.6 Å². The van der Waals surface area contributed by atoms with Crippen molar-refractivity contribution < 1.29 is 9.59 Å². The molecule has 0 heterocycles. The first-order valence-electron chi connectivity index (χ1n) is 7.60. The molecule has 0 aliphatic heterocycles. The number of hydrogen-bond donors (Lipinski definition) is 2. The van der Waals surface area contributed by atoms with Crippen molar-refractivity contribution in [1.29, 1.82) is 0 Å². The third kappa shape index (κ3) is 3.48. The molecule has 0 radical (unpaired) electrons. The van der Waals surface area contributed by atoms with Crippen molar-refractivity contribution in [1.82, 2.24) is 0 Å². The Hall–Kier alpha value is -2.88. The Balaban J connectivity index is 1.75. The molecule has 0 unspecified atom stereocenters. The van der Waals surface area contributed by atoms with Crippen LogP contribution in [0.3, 0.4) is 0 Å². The minimum atomic E-state index is -0.159. The minimum Gasteiger partial charge on any atom is -0.359 e. The Kier molecular flexibility index (Phi) is 4.24. The molecule has 0 bridgehead atoms. The standard InChI is InChI=1S/C19H18N2O2/c1-13-17(10-11-18(13)22)20-16-9-5-6-14(12-16)19(23)21-15-7-3-2-4-8-15/h2-9,12,20H,10-11H2,1H3,(H,21,23). The van der Waals surface area contributed by atoms with Crippen LogP contribution in [0.1, 0.15) is 30.1 Å². The average Bonchev–Trinajstić information content (AvgIpc) is 2.88. The van der Waals surface area contributed by atoms with Crippen molar-refractivity contribution in [2.24, 2.45) is 0 Å². The lowest BCUT2D eigenvalue weighted by Crippen LogP contribution is -2.12. The molecule has 1 aliphatic rings. The van der Waals surface area contributed by atoms with Crippen molar-refractivity contribution in [2.45, 2.75) is 19.8 Å². The van der Waals surface area contributed by atoms with Gasteiger partial charge in [0.25, 0.3) is 5.91 Å². The molecule has 116 valence electrons. The summed E-state index contributed by atoms with van der Waals surface area (Å²) in [6.07, 6.45) is 1.29. The van der Waals surface area contributed by atoms with Gasteiger partial charge in [0.15, 0.2) is 5.78 Å². The van der Waals surface area contributed by atoms with Crippen LogP contribution in [0.15, 0.2) is 65.9 Å². The Bertz CT molecular complexity index is 779. The summed E-state index contributed by atoms with van der Waals surface area (Å²) in [7, 11) is 0. The van der Waals surface area contributed by atoms with Gasteiger partial charge in [-0.25, -0.2) is 0 Å². The highest BCUT2D eigenvalue weighted by atomic mass is 16.1. The lowest BCUT2D eigenvalue weighted by atomic mass is 10.1. The zero-order chi connectivity index (χ0) is 16.2. The smallest absolute Gasteiger partial charge is 0.255 e. The van der Waals surface area contributed by atoms with Crippen LogP contribution >= 0.6 is 0 Å². The number of amides is 1. The van der Waals surface area contributed by atoms with Gasteiger partial charge in [-0.2, -0.15) is 0 Å². The van der Waals surface area contributed by atoms with Crippen molar-refractivity contribution in [3.63, 3.8) is 0 Å². The number of ketones is 1. The third-order valence-electron chi connectivity index (χ3n) is 3.92. The number of hydrogen-bond acceptors (Lipinski definition) is 3. The van der Waals surface area contributed by atoms with Gasteiger partial charge in [0, 0.05) is 34.6 Å². The first-order chi connectivity index (χ1) is 11.1. The SMILES string of the molecule is CC1=C(Nc2cccc(C(=O)Nc3ccccc3)c2)CCC1=O. The van der Waals surface area contributed by atoms with Gasteiger partial charge in [-0.1, -0.05) is 24.3 Å². The number of benzene rings is 2. The number of nitrogens with one attached hydrogen (secondary N) is 2. The molecule has 4 nitrogen and oxygen atoms in total. The molecular weight excluding hydrogens is 288 g/mol. The average molecular weight is 306 g/mol. The fourth-order valence-electron chi connectivity index (χ4n) is 2.58. The van der Waals surface area contributed by atoms with Gasteiger partial charge < -0.3 is 10.6 Å². The molecule has 0 saturated carbocycles. The summed E-state index contributed by atoms with van der Waals surface area (Å²) in [5.74, 6) is 0.0264. The van der Waals surface area contributed by atoms with Gasteiger partial charge in [-0.3, -0.25) is 9.59 Å². The summed E-state index contributed by atoms with van der Waals surface area (Å²) in [5, 5.41) is 6.12. The lowest BCUT2D eigenvalue weighted by molar-refractivity contribution is -0.114. The van der Waals surface area contributed by atoms with Gasteiger partial charge in [0.2, 0.25) is 0 Å². The summed E-state index contributed by atoms with van der Waals surface area (Å²) >= 11 is 0. The molecule has 2 N–H and O–H groups in total. The van der Waals surface area contributed by atoms with Crippen LogP contribution in [0.4, 0.5) is 11.4 Å². The topological polar surface area (TPSA) is 58.2 Å². The molecule has 0 spiro atoms. The van der Waals surface area contributed by atoms with Crippen LogP contribution in [0.5, 0.6) is 0 Å². The van der Waals surface area contributed by atoms with Gasteiger partial charge in [-0.15, -0.1) is 0 Å². The Morgan fingerprint density at radius 3 is 2.39 bits per heavy atom. The molecule has 4 heteroatoms. The second kappa shape index (κ2) is 6.48. The number of anilines is 2. The predicted octanol–water partition coefficient (Wildman–Crippen LogP) is 3.99. The number of carbonyl (C=O) groups excluding carboxylic acids is 2. The highest BCUT2D eigenvalue weighted by Crippen LogP contribution is 2.24. The largest absolute Gasteiger partial charge is 0.359 e. The van der Waals surface area contributed by atoms with E-state index in [4.69, 9.17) is 0 Å². The molecule has 0 fully saturated rings. The summed E-state index contributed by atoms with van der Waals surface area (Å²) in [6.45, 7) is 1.84. The van der Waals surface area contributed by atoms with Crippen molar-refractivity contribution in [3.8, 4) is 0 Å². The quantitative estimate of drug-likeness (QED) is 0.898. The van der Waals surface area contributed by atoms with Gasteiger partial charge in [0.1, 0.15) is 0 Å². The number of carbonyl (C=O) groups is 2. The van der Waals surface area contributed by atoms with Crippen LogP contribution in [-0.2, 0) is 4.79 Å². The van der Waals surface area contributed by atoms with E-state index in [0.717, 1.165) is 29.1 Å². The van der Waals surface area contributed by atoms with E-state index in [0.29, 0.717) is 12.0 Å². The van der Waals surface area contributed by atoms with Gasteiger partial charge in [-0.05, 0) is 43.7 Å². The molecular formula is C19H18N2O2. The van der Waals surface area contributed by atoms with Crippen LogP contribution in [-0.4, -0.2) is 11.7 Å². The second-order valence-electron chi connectivity index (χ2n) is 5.55. The molecule has 2 aromatic carbocycles. The summed E-state index contributed by atoms with van der Waals surface area (Å²) in [4.78, 5) is 23.9. The first kappa shape index (κ1) is 15.0. The van der Waals surface area contributed by atoms with E-state index >= 15 is 0 Å². The summed E-state index contributed by atoms with van der Waals surface area (Å²) in [5.41, 5.74) is 3.87. The van der Waals surface area contributed by atoms with E-state index in [1.165, 1.54) is 0 Å².